The highest BCUT2D eigenvalue weighted by Crippen LogP contribution is 2.28. The molecule has 2 aliphatic heterocycles. The van der Waals surface area contributed by atoms with Crippen LogP contribution in [0.3, 0.4) is 0 Å². The number of fused-ring (bicyclic) bond motifs is 2. The van der Waals surface area contributed by atoms with Gasteiger partial charge in [-0.05, 0) is 12.8 Å². The molecule has 2 N–H and O–H groups in total. The molecule has 2 atom stereocenters. The molecular weight excluding hydrogens is 250 g/mol. The van der Waals surface area contributed by atoms with Crippen LogP contribution in [0.2, 0.25) is 0 Å². The number of carbonyl (C=O) groups is 3. The highest BCUT2D eigenvalue weighted by Gasteiger charge is 2.46. The SMILES string of the molecule is CC(C)C(=O)CNC(=O)[C@@H]1CC[C@@H]2CN1C(=O)N2O. The Bertz CT molecular complexity index is 410. The fraction of sp³-hybridized carbons (Fsp3) is 0.750. The van der Waals surface area contributed by atoms with Crippen molar-refractivity contribution in [2.24, 2.45) is 5.92 Å². The van der Waals surface area contributed by atoms with Gasteiger partial charge in [-0.25, -0.2) is 9.86 Å². The van der Waals surface area contributed by atoms with Gasteiger partial charge in [0, 0.05) is 12.5 Å². The standard InChI is InChI=1S/C12H19N3O4/c1-7(2)10(16)5-13-11(17)9-4-3-8-6-14(9)12(18)15(8)19/h7-9,19H,3-6H2,1-2H3,(H,13,17)/t8-,9+/m1/s1. The summed E-state index contributed by atoms with van der Waals surface area (Å²) in [6.07, 6.45) is 1.10. The van der Waals surface area contributed by atoms with Crippen molar-refractivity contribution >= 4 is 17.7 Å². The van der Waals surface area contributed by atoms with Crippen LogP contribution in [-0.2, 0) is 9.59 Å². The molecule has 7 heteroatoms. The van der Waals surface area contributed by atoms with Crippen LogP contribution in [-0.4, -0.2) is 58.1 Å². The van der Waals surface area contributed by atoms with Gasteiger partial charge in [-0.2, -0.15) is 0 Å². The summed E-state index contributed by atoms with van der Waals surface area (Å²) in [6, 6.07) is -1.33. The predicted molar refractivity (Wildman–Crippen MR) is 65.4 cm³/mol. The van der Waals surface area contributed by atoms with Crippen LogP contribution in [0.25, 0.3) is 0 Å². The van der Waals surface area contributed by atoms with E-state index in [9.17, 15) is 19.6 Å². The molecule has 3 amide bonds. The number of hydrogen-bond acceptors (Lipinski definition) is 4. The highest BCUT2D eigenvalue weighted by molar-refractivity contribution is 5.92. The Balaban J connectivity index is 1.93. The maximum atomic E-state index is 12.0. The minimum Gasteiger partial charge on any atom is -0.347 e. The van der Waals surface area contributed by atoms with E-state index < -0.39 is 12.1 Å². The summed E-state index contributed by atoms with van der Waals surface area (Å²) in [5.41, 5.74) is 0. The summed E-state index contributed by atoms with van der Waals surface area (Å²) in [5.74, 6) is -0.493. The number of rotatable bonds is 4. The molecule has 2 fully saturated rings. The second-order valence-electron chi connectivity index (χ2n) is 5.37. The molecule has 0 aliphatic carbocycles. The van der Waals surface area contributed by atoms with Gasteiger partial charge in [0.15, 0.2) is 5.78 Å². The van der Waals surface area contributed by atoms with Crippen LogP contribution in [0.15, 0.2) is 0 Å². The Morgan fingerprint density at radius 2 is 2.11 bits per heavy atom. The molecule has 106 valence electrons. The maximum absolute atomic E-state index is 12.0. The van der Waals surface area contributed by atoms with Crippen molar-refractivity contribution in [3.8, 4) is 0 Å². The lowest BCUT2D eigenvalue weighted by Gasteiger charge is -2.29. The number of hydrogen-bond donors (Lipinski definition) is 2. The maximum Gasteiger partial charge on any atom is 0.344 e. The molecule has 0 aromatic carbocycles. The molecule has 19 heavy (non-hydrogen) atoms. The van der Waals surface area contributed by atoms with Gasteiger partial charge in [-0.3, -0.25) is 14.8 Å². The molecule has 0 aromatic heterocycles. The third-order valence-electron chi connectivity index (χ3n) is 3.73. The summed E-state index contributed by atoms with van der Waals surface area (Å²) in [4.78, 5) is 36.5. The summed E-state index contributed by atoms with van der Waals surface area (Å²) >= 11 is 0. The molecule has 0 saturated carbocycles. The van der Waals surface area contributed by atoms with E-state index in [0.717, 1.165) is 0 Å². The van der Waals surface area contributed by atoms with E-state index in [1.54, 1.807) is 13.8 Å². The van der Waals surface area contributed by atoms with Crippen molar-refractivity contribution in [3.05, 3.63) is 0 Å². The van der Waals surface area contributed by atoms with Gasteiger partial charge in [-0.15, -0.1) is 0 Å². The number of Topliss-reactive ketones (excluding diaryl/α,β-unsaturated/α-hetero) is 1. The quantitative estimate of drug-likeness (QED) is 0.702. The van der Waals surface area contributed by atoms with Crippen molar-refractivity contribution in [1.82, 2.24) is 15.3 Å². The first-order valence-corrected chi connectivity index (χ1v) is 6.51. The fourth-order valence-electron chi connectivity index (χ4n) is 2.42. The lowest BCUT2D eigenvalue weighted by atomic mass is 10.00. The lowest BCUT2D eigenvalue weighted by molar-refractivity contribution is -0.129. The molecule has 0 radical (unpaired) electrons. The van der Waals surface area contributed by atoms with Gasteiger partial charge in [0.05, 0.1) is 12.6 Å². The van der Waals surface area contributed by atoms with E-state index in [1.165, 1.54) is 4.90 Å². The zero-order valence-corrected chi connectivity index (χ0v) is 11.1. The van der Waals surface area contributed by atoms with E-state index in [1.807, 2.05) is 0 Å². The van der Waals surface area contributed by atoms with E-state index in [-0.39, 0.29) is 30.2 Å². The van der Waals surface area contributed by atoms with Crippen LogP contribution in [0, 0.1) is 5.92 Å². The van der Waals surface area contributed by atoms with Crippen LogP contribution in [0.5, 0.6) is 0 Å². The molecule has 2 aliphatic rings. The molecular formula is C12H19N3O4. The number of piperidine rings is 1. The number of amides is 3. The van der Waals surface area contributed by atoms with Crippen molar-refractivity contribution in [1.29, 1.82) is 0 Å². The van der Waals surface area contributed by atoms with Gasteiger partial charge in [-0.1, -0.05) is 13.8 Å². The molecule has 2 bridgehead atoms. The first-order valence-electron chi connectivity index (χ1n) is 6.51. The molecule has 2 saturated heterocycles. The number of ketones is 1. The van der Waals surface area contributed by atoms with E-state index in [4.69, 9.17) is 0 Å². The van der Waals surface area contributed by atoms with Crippen molar-refractivity contribution in [2.45, 2.75) is 38.8 Å². The number of nitrogens with one attached hydrogen (secondary N) is 1. The average molecular weight is 269 g/mol. The summed E-state index contributed by atoms with van der Waals surface area (Å²) < 4.78 is 0. The van der Waals surface area contributed by atoms with Crippen LogP contribution in [0.1, 0.15) is 26.7 Å². The second-order valence-corrected chi connectivity index (χ2v) is 5.37. The minimum atomic E-state index is -0.583. The Morgan fingerprint density at radius 1 is 1.42 bits per heavy atom. The van der Waals surface area contributed by atoms with Gasteiger partial charge in [0.2, 0.25) is 5.91 Å². The monoisotopic (exact) mass is 269 g/mol. The van der Waals surface area contributed by atoms with E-state index in [2.05, 4.69) is 5.32 Å². The summed E-state index contributed by atoms with van der Waals surface area (Å²) in [5, 5.41) is 12.8. The smallest absolute Gasteiger partial charge is 0.344 e. The molecule has 2 heterocycles. The Morgan fingerprint density at radius 3 is 2.74 bits per heavy atom. The second kappa shape index (κ2) is 5.16. The average Bonchev–Trinajstić information content (AvgIpc) is 2.61. The molecule has 7 nitrogen and oxygen atoms in total. The molecule has 0 unspecified atom stereocenters. The topological polar surface area (TPSA) is 90.0 Å². The van der Waals surface area contributed by atoms with Gasteiger partial charge in [0.1, 0.15) is 6.04 Å². The first-order chi connectivity index (χ1) is 8.91. The summed E-state index contributed by atoms with van der Waals surface area (Å²) in [6.45, 7) is 3.90. The minimum absolute atomic E-state index is 0.0126. The van der Waals surface area contributed by atoms with Gasteiger partial charge < -0.3 is 10.2 Å². The van der Waals surface area contributed by atoms with Crippen molar-refractivity contribution in [2.75, 3.05) is 13.1 Å². The van der Waals surface area contributed by atoms with Crippen LogP contribution < -0.4 is 5.32 Å². The van der Waals surface area contributed by atoms with Gasteiger partial charge in [0.25, 0.3) is 0 Å². The van der Waals surface area contributed by atoms with Crippen LogP contribution in [0.4, 0.5) is 4.79 Å². The van der Waals surface area contributed by atoms with Gasteiger partial charge >= 0.3 is 6.03 Å². The third kappa shape index (κ3) is 2.56. The largest absolute Gasteiger partial charge is 0.347 e. The highest BCUT2D eigenvalue weighted by atomic mass is 16.5. The van der Waals surface area contributed by atoms with Crippen molar-refractivity contribution in [3.63, 3.8) is 0 Å². The molecule has 0 aromatic rings. The Kier molecular flexibility index (Phi) is 3.75. The number of urea groups is 1. The van der Waals surface area contributed by atoms with E-state index >= 15 is 0 Å². The number of carbonyl (C=O) groups excluding carboxylic acids is 3. The van der Waals surface area contributed by atoms with E-state index in [0.29, 0.717) is 24.4 Å². The number of hydroxylamine groups is 2. The number of nitrogens with zero attached hydrogens (tertiary/aromatic N) is 2. The van der Waals surface area contributed by atoms with Crippen LogP contribution >= 0.6 is 0 Å². The molecule has 0 spiro atoms. The fourth-order valence-corrected chi connectivity index (χ4v) is 2.42. The lowest BCUT2D eigenvalue weighted by Crippen LogP contribution is -2.50. The Labute approximate surface area is 111 Å². The third-order valence-corrected chi connectivity index (χ3v) is 3.73. The Hall–Kier alpha value is -1.63. The summed E-state index contributed by atoms with van der Waals surface area (Å²) in [7, 11) is 0. The zero-order valence-electron chi connectivity index (χ0n) is 11.1. The predicted octanol–water partition coefficient (Wildman–Crippen LogP) is -0.0145. The molecule has 2 rings (SSSR count). The van der Waals surface area contributed by atoms with Crippen molar-refractivity contribution < 1.29 is 19.6 Å². The normalized spacial score (nSPS) is 26.0. The first kappa shape index (κ1) is 13.8. The zero-order chi connectivity index (χ0) is 14.2.